The number of ether oxygens (including phenoxy) is 4. The van der Waals surface area contributed by atoms with Crippen LogP contribution in [0, 0.1) is 0 Å². The van der Waals surface area contributed by atoms with Gasteiger partial charge in [0.05, 0.1) is 65.7 Å². The normalized spacial score (nSPS) is 10.8. The molecule has 12 nitrogen and oxygen atoms in total. The van der Waals surface area contributed by atoms with Gasteiger partial charge in [-0.15, -0.1) is 0 Å². The van der Waals surface area contributed by atoms with E-state index in [4.69, 9.17) is 39.7 Å². The molecule has 0 unspecified atom stereocenters. The van der Waals surface area contributed by atoms with Gasteiger partial charge in [0.1, 0.15) is 0 Å². The first kappa shape index (κ1) is 27.4. The van der Waals surface area contributed by atoms with Crippen molar-refractivity contribution in [1.82, 2.24) is 0 Å². The minimum atomic E-state index is -2.20. The number of aliphatic carboxylic acids is 3. The van der Waals surface area contributed by atoms with E-state index in [1.54, 1.807) is 0 Å². The van der Waals surface area contributed by atoms with Gasteiger partial charge in [-0.1, -0.05) is 0 Å². The molecule has 0 saturated carbocycles. The smallest absolute Gasteiger partial charge is 0.337 e. The van der Waals surface area contributed by atoms with Crippen LogP contribution in [-0.4, -0.2) is 109 Å². The number of rotatable bonds is 16. The SMILES string of the molecule is COC(CC(=O)O)(CC(=O)O)C(=O)O.OCCOCCOCCOCCO. The number of aliphatic hydroxyl groups excluding tert-OH is 2. The van der Waals surface area contributed by atoms with Crippen LogP contribution in [0.1, 0.15) is 12.8 Å². The summed E-state index contributed by atoms with van der Waals surface area (Å²) in [6.45, 7) is 2.76. The molecular weight excluding hydrogens is 372 g/mol. The van der Waals surface area contributed by atoms with E-state index >= 15 is 0 Å². The highest BCUT2D eigenvalue weighted by Crippen LogP contribution is 2.20. The second-order valence-corrected chi connectivity index (χ2v) is 4.93. The van der Waals surface area contributed by atoms with E-state index in [2.05, 4.69) is 4.74 Å². The highest BCUT2D eigenvalue weighted by Gasteiger charge is 2.43. The lowest BCUT2D eigenvalue weighted by molar-refractivity contribution is -0.174. The van der Waals surface area contributed by atoms with E-state index in [9.17, 15) is 14.4 Å². The molecule has 0 saturated heterocycles. The first-order valence-corrected chi connectivity index (χ1v) is 7.92. The van der Waals surface area contributed by atoms with E-state index in [1.807, 2.05) is 0 Å². The third kappa shape index (κ3) is 16.1. The van der Waals surface area contributed by atoms with Crippen molar-refractivity contribution < 1.29 is 58.9 Å². The van der Waals surface area contributed by atoms with E-state index in [0.717, 1.165) is 7.11 Å². The molecule has 0 atom stereocenters. The first-order chi connectivity index (χ1) is 12.8. The van der Waals surface area contributed by atoms with Crippen LogP contribution in [0.4, 0.5) is 0 Å². The van der Waals surface area contributed by atoms with E-state index in [-0.39, 0.29) is 13.2 Å². The van der Waals surface area contributed by atoms with Gasteiger partial charge < -0.3 is 44.5 Å². The molecule has 0 rings (SSSR count). The predicted octanol–water partition coefficient (Wildman–Crippen LogP) is -1.57. The van der Waals surface area contributed by atoms with Gasteiger partial charge in [0.15, 0.2) is 5.60 Å². The zero-order valence-corrected chi connectivity index (χ0v) is 15.2. The summed E-state index contributed by atoms with van der Waals surface area (Å²) in [7, 11) is 0.958. The quantitative estimate of drug-likeness (QED) is 0.187. The van der Waals surface area contributed by atoms with Gasteiger partial charge in [0.2, 0.25) is 0 Å². The Labute approximate surface area is 156 Å². The molecule has 0 amide bonds. The van der Waals surface area contributed by atoms with Gasteiger partial charge in [-0.05, 0) is 0 Å². The molecule has 0 aliphatic rings. The fourth-order valence-electron chi connectivity index (χ4n) is 1.60. The van der Waals surface area contributed by atoms with Crippen LogP contribution < -0.4 is 0 Å². The summed E-state index contributed by atoms with van der Waals surface area (Å²) in [5, 5.41) is 42.2. The van der Waals surface area contributed by atoms with Gasteiger partial charge >= 0.3 is 17.9 Å². The van der Waals surface area contributed by atoms with Gasteiger partial charge in [-0.2, -0.15) is 0 Å². The Morgan fingerprint density at radius 3 is 1.26 bits per heavy atom. The molecule has 12 heteroatoms. The third-order valence-corrected chi connectivity index (χ3v) is 2.87. The monoisotopic (exact) mass is 400 g/mol. The van der Waals surface area contributed by atoms with Crippen LogP contribution in [0.3, 0.4) is 0 Å². The topological polar surface area (TPSA) is 189 Å². The van der Waals surface area contributed by atoms with Crippen molar-refractivity contribution in [3.8, 4) is 0 Å². The molecule has 0 fully saturated rings. The molecule has 0 radical (unpaired) electrons. The van der Waals surface area contributed by atoms with Gasteiger partial charge in [0.25, 0.3) is 0 Å². The van der Waals surface area contributed by atoms with Crippen molar-refractivity contribution in [3.63, 3.8) is 0 Å². The average Bonchev–Trinajstić information content (AvgIpc) is 2.59. The first-order valence-electron chi connectivity index (χ1n) is 7.92. The second-order valence-electron chi connectivity index (χ2n) is 4.93. The molecule has 5 N–H and O–H groups in total. The summed E-state index contributed by atoms with van der Waals surface area (Å²) in [6, 6.07) is 0. The number of carboxylic acids is 3. The van der Waals surface area contributed by atoms with Crippen molar-refractivity contribution in [2.45, 2.75) is 18.4 Å². The zero-order chi connectivity index (χ0) is 21.1. The Kier molecular flexibility index (Phi) is 17.8. The minimum absolute atomic E-state index is 0.0413. The number of aliphatic hydroxyl groups is 2. The maximum atomic E-state index is 10.7. The maximum Gasteiger partial charge on any atom is 0.337 e. The minimum Gasteiger partial charge on any atom is -0.481 e. The Balaban J connectivity index is 0. The fourth-order valence-corrected chi connectivity index (χ4v) is 1.60. The Hall–Kier alpha value is -1.83. The molecule has 160 valence electrons. The highest BCUT2D eigenvalue weighted by atomic mass is 16.5. The lowest BCUT2D eigenvalue weighted by atomic mass is 9.95. The van der Waals surface area contributed by atoms with Crippen LogP contribution in [0.15, 0.2) is 0 Å². The zero-order valence-electron chi connectivity index (χ0n) is 15.2. The third-order valence-electron chi connectivity index (χ3n) is 2.87. The van der Waals surface area contributed by atoms with Crippen molar-refractivity contribution >= 4 is 17.9 Å². The largest absolute Gasteiger partial charge is 0.481 e. The summed E-state index contributed by atoms with van der Waals surface area (Å²) in [5.41, 5.74) is -2.20. The van der Waals surface area contributed by atoms with Crippen molar-refractivity contribution in [2.24, 2.45) is 0 Å². The molecular formula is C15H28O12. The molecule has 0 spiro atoms. The Morgan fingerprint density at radius 1 is 0.704 bits per heavy atom. The number of hydrogen-bond donors (Lipinski definition) is 5. The van der Waals surface area contributed by atoms with Crippen LogP contribution >= 0.6 is 0 Å². The average molecular weight is 400 g/mol. The van der Waals surface area contributed by atoms with Crippen molar-refractivity contribution in [1.29, 1.82) is 0 Å². The molecule has 0 bridgehead atoms. The number of carbonyl (C=O) groups is 3. The lowest BCUT2D eigenvalue weighted by Gasteiger charge is -2.23. The Bertz CT molecular complexity index is 386. The van der Waals surface area contributed by atoms with Crippen molar-refractivity contribution in [2.75, 3.05) is 60.0 Å². The molecule has 0 aliphatic heterocycles. The molecule has 27 heavy (non-hydrogen) atoms. The van der Waals surface area contributed by atoms with Crippen LogP contribution in [0.25, 0.3) is 0 Å². The molecule has 0 aromatic rings. The van der Waals surface area contributed by atoms with Crippen LogP contribution in [-0.2, 0) is 33.3 Å². The summed E-state index contributed by atoms with van der Waals surface area (Å²) in [6.07, 6.45) is -1.80. The van der Waals surface area contributed by atoms with E-state index in [0.29, 0.717) is 39.6 Å². The summed E-state index contributed by atoms with van der Waals surface area (Å²) in [5.74, 6) is -4.48. The molecule has 0 heterocycles. The summed E-state index contributed by atoms with van der Waals surface area (Å²) in [4.78, 5) is 31.3. The number of methoxy groups -OCH3 is 1. The van der Waals surface area contributed by atoms with Crippen LogP contribution in [0.2, 0.25) is 0 Å². The van der Waals surface area contributed by atoms with Crippen LogP contribution in [0.5, 0.6) is 0 Å². The molecule has 0 aromatic carbocycles. The standard InChI is InChI=1S/C8H18O5.C7H10O7/c9-1-3-11-5-7-13-8-6-12-4-2-10;1-14-7(6(12)13,2-4(8)9)3-5(10)11/h9-10H,1-8H2;2-3H2,1H3,(H,8,9)(H,10,11)(H,12,13). The predicted molar refractivity (Wildman–Crippen MR) is 88.5 cm³/mol. The van der Waals surface area contributed by atoms with Crippen molar-refractivity contribution in [3.05, 3.63) is 0 Å². The number of hydrogen-bond acceptors (Lipinski definition) is 9. The van der Waals surface area contributed by atoms with E-state index < -0.39 is 36.4 Å². The van der Waals surface area contributed by atoms with Gasteiger partial charge in [-0.25, -0.2) is 4.79 Å². The Morgan fingerprint density at radius 2 is 1.04 bits per heavy atom. The van der Waals surface area contributed by atoms with Gasteiger partial charge in [0, 0.05) is 7.11 Å². The maximum absolute atomic E-state index is 10.7. The summed E-state index contributed by atoms with van der Waals surface area (Å²) >= 11 is 0. The lowest BCUT2D eigenvalue weighted by Crippen LogP contribution is -2.44. The highest BCUT2D eigenvalue weighted by molar-refractivity contribution is 5.88. The summed E-state index contributed by atoms with van der Waals surface area (Å²) < 4.78 is 19.5. The van der Waals surface area contributed by atoms with Gasteiger partial charge in [-0.3, -0.25) is 9.59 Å². The molecule has 0 aromatic heterocycles. The number of carboxylic acid groups (broad SMARTS) is 3. The fraction of sp³-hybridized carbons (Fsp3) is 0.800. The second kappa shape index (κ2) is 17.6. The molecule has 0 aliphatic carbocycles. The van der Waals surface area contributed by atoms with E-state index in [1.165, 1.54) is 0 Å².